The van der Waals surface area contributed by atoms with Crippen LogP contribution in [0.1, 0.15) is 40.5 Å². The maximum Gasteiger partial charge on any atom is -0.00130 e. The standard InChI is InChI=1S/C11H23N/c1-5-12-8-10(9-6-7-9)11(2,3)4/h9-10,12H,5-8H2,1-4H3. The molecule has 1 nitrogen and oxygen atoms in total. The third-order valence-electron chi connectivity index (χ3n) is 2.92. The number of hydrogen-bond acceptors (Lipinski definition) is 1. The van der Waals surface area contributed by atoms with Crippen molar-refractivity contribution < 1.29 is 0 Å². The summed E-state index contributed by atoms with van der Waals surface area (Å²) in [4.78, 5) is 0. The van der Waals surface area contributed by atoms with Gasteiger partial charge >= 0.3 is 0 Å². The van der Waals surface area contributed by atoms with Crippen LogP contribution in [0.15, 0.2) is 0 Å². The molecule has 0 heterocycles. The second-order valence-electron chi connectivity index (χ2n) is 5.12. The lowest BCUT2D eigenvalue weighted by Gasteiger charge is -2.31. The van der Waals surface area contributed by atoms with Gasteiger partial charge in [-0.25, -0.2) is 0 Å². The normalized spacial score (nSPS) is 21.0. The van der Waals surface area contributed by atoms with Crippen LogP contribution in [0.5, 0.6) is 0 Å². The smallest absolute Gasteiger partial charge is 0.00130 e. The summed E-state index contributed by atoms with van der Waals surface area (Å²) in [6, 6.07) is 0. The molecule has 1 fully saturated rings. The van der Waals surface area contributed by atoms with Crippen molar-refractivity contribution >= 4 is 0 Å². The van der Waals surface area contributed by atoms with Crippen molar-refractivity contribution in [1.29, 1.82) is 0 Å². The molecule has 0 aliphatic heterocycles. The van der Waals surface area contributed by atoms with E-state index >= 15 is 0 Å². The van der Waals surface area contributed by atoms with Crippen LogP contribution in [0.3, 0.4) is 0 Å². The van der Waals surface area contributed by atoms with E-state index in [1.807, 2.05) is 0 Å². The minimum absolute atomic E-state index is 0.489. The molecule has 72 valence electrons. The molecule has 0 aromatic heterocycles. The topological polar surface area (TPSA) is 12.0 Å². The van der Waals surface area contributed by atoms with Crippen molar-refractivity contribution in [3.8, 4) is 0 Å². The largest absolute Gasteiger partial charge is 0.317 e. The van der Waals surface area contributed by atoms with Gasteiger partial charge in [-0.2, -0.15) is 0 Å². The highest BCUT2D eigenvalue weighted by Gasteiger charge is 2.37. The fraction of sp³-hybridized carbons (Fsp3) is 1.00. The molecule has 1 atom stereocenters. The van der Waals surface area contributed by atoms with E-state index in [1.54, 1.807) is 0 Å². The lowest BCUT2D eigenvalue weighted by molar-refractivity contribution is 0.205. The molecular weight excluding hydrogens is 146 g/mol. The highest BCUT2D eigenvalue weighted by Crippen LogP contribution is 2.44. The van der Waals surface area contributed by atoms with Gasteiger partial charge in [-0.3, -0.25) is 0 Å². The van der Waals surface area contributed by atoms with E-state index in [4.69, 9.17) is 0 Å². The van der Waals surface area contributed by atoms with E-state index < -0.39 is 0 Å². The van der Waals surface area contributed by atoms with E-state index in [-0.39, 0.29) is 0 Å². The summed E-state index contributed by atoms with van der Waals surface area (Å²) >= 11 is 0. The number of rotatable bonds is 4. The van der Waals surface area contributed by atoms with E-state index in [0.717, 1.165) is 18.4 Å². The van der Waals surface area contributed by atoms with Crippen molar-refractivity contribution in [3.05, 3.63) is 0 Å². The Bertz CT molecular complexity index is 130. The predicted octanol–water partition coefficient (Wildman–Crippen LogP) is 2.67. The molecule has 1 saturated carbocycles. The Balaban J connectivity index is 2.38. The van der Waals surface area contributed by atoms with Gasteiger partial charge < -0.3 is 5.32 Å². The monoisotopic (exact) mass is 169 g/mol. The molecule has 1 aliphatic carbocycles. The third kappa shape index (κ3) is 2.78. The van der Waals surface area contributed by atoms with Gasteiger partial charge in [0.2, 0.25) is 0 Å². The molecule has 0 radical (unpaired) electrons. The van der Waals surface area contributed by atoms with Gasteiger partial charge in [0.1, 0.15) is 0 Å². The van der Waals surface area contributed by atoms with E-state index in [9.17, 15) is 0 Å². The molecule has 0 aromatic carbocycles. The molecule has 1 aliphatic rings. The summed E-state index contributed by atoms with van der Waals surface area (Å²) in [5.74, 6) is 1.90. The average Bonchev–Trinajstić information content (AvgIpc) is 2.69. The fourth-order valence-electron chi connectivity index (χ4n) is 1.98. The molecule has 0 saturated heterocycles. The molecule has 0 amide bonds. The van der Waals surface area contributed by atoms with Crippen LogP contribution in [0, 0.1) is 17.3 Å². The van der Waals surface area contributed by atoms with Gasteiger partial charge in [-0.15, -0.1) is 0 Å². The minimum atomic E-state index is 0.489. The van der Waals surface area contributed by atoms with Crippen molar-refractivity contribution in [2.24, 2.45) is 17.3 Å². The Morgan fingerprint density at radius 2 is 1.92 bits per heavy atom. The first kappa shape index (κ1) is 10.0. The van der Waals surface area contributed by atoms with Gasteiger partial charge in [0.05, 0.1) is 0 Å². The molecule has 0 bridgehead atoms. The van der Waals surface area contributed by atoms with Gasteiger partial charge in [-0.05, 0) is 43.2 Å². The number of hydrogen-bond donors (Lipinski definition) is 1. The molecule has 0 spiro atoms. The highest BCUT2D eigenvalue weighted by molar-refractivity contribution is 4.89. The van der Waals surface area contributed by atoms with Crippen molar-refractivity contribution in [3.63, 3.8) is 0 Å². The molecule has 1 heteroatoms. The van der Waals surface area contributed by atoms with Crippen LogP contribution in [-0.2, 0) is 0 Å². The quantitative estimate of drug-likeness (QED) is 0.682. The van der Waals surface area contributed by atoms with Crippen LogP contribution in [0.4, 0.5) is 0 Å². The Morgan fingerprint density at radius 3 is 2.25 bits per heavy atom. The highest BCUT2D eigenvalue weighted by atomic mass is 14.9. The predicted molar refractivity (Wildman–Crippen MR) is 54.2 cm³/mol. The first-order chi connectivity index (χ1) is 5.55. The first-order valence-electron chi connectivity index (χ1n) is 5.26. The second kappa shape index (κ2) is 3.78. The first-order valence-corrected chi connectivity index (χ1v) is 5.26. The summed E-state index contributed by atoms with van der Waals surface area (Å²) in [7, 11) is 0. The lowest BCUT2D eigenvalue weighted by atomic mass is 9.77. The van der Waals surface area contributed by atoms with Gasteiger partial charge in [-0.1, -0.05) is 27.7 Å². The SMILES string of the molecule is CCNCC(C1CC1)C(C)(C)C. The van der Waals surface area contributed by atoms with Crippen molar-refractivity contribution in [1.82, 2.24) is 5.32 Å². The maximum atomic E-state index is 3.48. The molecular formula is C11H23N. The van der Waals surface area contributed by atoms with Crippen molar-refractivity contribution in [2.75, 3.05) is 13.1 Å². The van der Waals surface area contributed by atoms with Crippen LogP contribution in [0.25, 0.3) is 0 Å². The van der Waals surface area contributed by atoms with Gasteiger partial charge in [0.15, 0.2) is 0 Å². The molecule has 1 N–H and O–H groups in total. The van der Waals surface area contributed by atoms with E-state index in [2.05, 4.69) is 33.0 Å². The van der Waals surface area contributed by atoms with Crippen LogP contribution in [0.2, 0.25) is 0 Å². The zero-order valence-corrected chi connectivity index (χ0v) is 8.98. The fourth-order valence-corrected chi connectivity index (χ4v) is 1.98. The Labute approximate surface area is 76.9 Å². The van der Waals surface area contributed by atoms with Gasteiger partial charge in [0, 0.05) is 0 Å². The second-order valence-corrected chi connectivity index (χ2v) is 5.12. The summed E-state index contributed by atoms with van der Waals surface area (Å²) < 4.78 is 0. The number of nitrogens with one attached hydrogen (secondary N) is 1. The van der Waals surface area contributed by atoms with Crippen LogP contribution >= 0.6 is 0 Å². The van der Waals surface area contributed by atoms with Crippen LogP contribution < -0.4 is 5.32 Å². The zero-order valence-electron chi connectivity index (χ0n) is 8.98. The molecule has 12 heavy (non-hydrogen) atoms. The van der Waals surface area contributed by atoms with Gasteiger partial charge in [0.25, 0.3) is 0 Å². The third-order valence-corrected chi connectivity index (χ3v) is 2.92. The Kier molecular flexibility index (Phi) is 3.16. The summed E-state index contributed by atoms with van der Waals surface area (Å²) in [6.45, 7) is 11.6. The Morgan fingerprint density at radius 1 is 1.33 bits per heavy atom. The minimum Gasteiger partial charge on any atom is -0.317 e. The molecule has 1 unspecified atom stereocenters. The summed E-state index contributed by atoms with van der Waals surface area (Å²) in [5, 5.41) is 3.48. The van der Waals surface area contributed by atoms with E-state index in [0.29, 0.717) is 5.41 Å². The Hall–Kier alpha value is -0.0400. The average molecular weight is 169 g/mol. The summed E-state index contributed by atoms with van der Waals surface area (Å²) in [6.07, 6.45) is 2.93. The maximum absolute atomic E-state index is 3.48. The van der Waals surface area contributed by atoms with Crippen LogP contribution in [-0.4, -0.2) is 13.1 Å². The zero-order chi connectivity index (χ0) is 9.19. The summed E-state index contributed by atoms with van der Waals surface area (Å²) in [5.41, 5.74) is 0.489. The molecule has 1 rings (SSSR count). The van der Waals surface area contributed by atoms with Crippen molar-refractivity contribution in [2.45, 2.75) is 40.5 Å². The lowest BCUT2D eigenvalue weighted by Crippen LogP contribution is -2.33. The van der Waals surface area contributed by atoms with E-state index in [1.165, 1.54) is 19.4 Å². The molecule has 0 aromatic rings.